The fourth-order valence-corrected chi connectivity index (χ4v) is 1.99. The maximum Gasteiger partial charge on any atom is 0.228 e. The van der Waals surface area contributed by atoms with E-state index in [1.54, 1.807) is 54.9 Å². The van der Waals surface area contributed by atoms with Crippen molar-refractivity contribution in [1.82, 2.24) is 9.94 Å². The molecule has 1 heterocycles. The third kappa shape index (κ3) is 16.1. The van der Waals surface area contributed by atoms with Crippen molar-refractivity contribution in [3.8, 4) is 5.75 Å². The Bertz CT molecular complexity index is 868. The summed E-state index contributed by atoms with van der Waals surface area (Å²) in [6.45, 7) is 13.0. The Labute approximate surface area is 202 Å². The fourth-order valence-electron chi connectivity index (χ4n) is 1.62. The molecule has 0 amide bonds. The van der Waals surface area contributed by atoms with Gasteiger partial charge < -0.3 is 9.94 Å². The number of aromatic hydroxyl groups is 1. The van der Waals surface area contributed by atoms with E-state index in [4.69, 9.17) is 22.2 Å². The summed E-state index contributed by atoms with van der Waals surface area (Å²) in [7, 11) is 0. The Morgan fingerprint density at radius 1 is 0.906 bits per heavy atom. The van der Waals surface area contributed by atoms with Crippen molar-refractivity contribution in [3.05, 3.63) is 84.2 Å². The highest BCUT2D eigenvalue weighted by Crippen LogP contribution is 2.10. The van der Waals surface area contributed by atoms with Gasteiger partial charge in [-0.2, -0.15) is 0 Å². The van der Waals surface area contributed by atoms with Gasteiger partial charge in [-0.25, -0.2) is 0 Å². The first-order valence-electron chi connectivity index (χ1n) is 10.3. The summed E-state index contributed by atoms with van der Waals surface area (Å²) < 4.78 is 0. The van der Waals surface area contributed by atoms with Gasteiger partial charge in [0.2, 0.25) is 10.2 Å². The average Bonchev–Trinajstić information content (AvgIpc) is 3.22. The Kier molecular flexibility index (Phi) is 15.6. The first kappa shape index (κ1) is 29.4. The van der Waals surface area contributed by atoms with Gasteiger partial charge in [-0.05, 0) is 54.4 Å². The molecule has 32 heavy (non-hydrogen) atoms. The molecule has 7 heteroatoms. The van der Waals surface area contributed by atoms with Gasteiger partial charge in [0.25, 0.3) is 0 Å². The number of hydrogen-bond acceptors (Lipinski definition) is 5. The molecule has 3 rings (SSSR count). The van der Waals surface area contributed by atoms with Crippen LogP contribution in [0.25, 0.3) is 0 Å². The number of hydrogen-bond donors (Lipinski definition) is 2. The highest BCUT2D eigenvalue weighted by Gasteiger charge is 2.03. The SMILES string of the molecule is CC(C)C.CC(C)C.O=C(S)c1ccccc1.Oc1ccc(C(=S)On2cccn2)cc1. The zero-order valence-electron chi connectivity index (χ0n) is 19.6. The summed E-state index contributed by atoms with van der Waals surface area (Å²) in [5.74, 6) is 1.86. The van der Waals surface area contributed by atoms with E-state index in [9.17, 15) is 4.79 Å². The normalized spacial score (nSPS) is 9.41. The van der Waals surface area contributed by atoms with Crippen LogP contribution in [0.2, 0.25) is 0 Å². The number of phenols is 1. The third-order valence-corrected chi connectivity index (χ3v) is 3.35. The minimum Gasteiger partial charge on any atom is -0.508 e. The molecule has 0 aliphatic rings. The minimum atomic E-state index is -0.185. The number of phenolic OH excluding ortho intramolecular Hbond substituents is 1. The molecule has 0 spiro atoms. The predicted octanol–water partition coefficient (Wildman–Crippen LogP) is 6.47. The number of thiol groups is 1. The third-order valence-electron chi connectivity index (χ3n) is 2.78. The summed E-state index contributed by atoms with van der Waals surface area (Å²) in [5, 5.41) is 13.1. The van der Waals surface area contributed by atoms with E-state index in [-0.39, 0.29) is 10.9 Å². The van der Waals surface area contributed by atoms with Crippen molar-refractivity contribution in [2.24, 2.45) is 11.8 Å². The highest BCUT2D eigenvalue weighted by molar-refractivity contribution is 7.97. The van der Waals surface area contributed by atoms with Crippen LogP contribution in [0, 0.1) is 11.8 Å². The van der Waals surface area contributed by atoms with E-state index in [2.05, 4.69) is 59.3 Å². The lowest BCUT2D eigenvalue weighted by Gasteiger charge is -2.05. The van der Waals surface area contributed by atoms with Crippen LogP contribution in [0.15, 0.2) is 73.1 Å². The summed E-state index contributed by atoms with van der Waals surface area (Å²) in [6.07, 6.45) is 3.24. The van der Waals surface area contributed by atoms with Crippen LogP contribution in [0.3, 0.4) is 0 Å². The molecule has 5 nitrogen and oxygen atoms in total. The maximum absolute atomic E-state index is 10.5. The number of thiocarbonyl (C=S) groups is 1. The van der Waals surface area contributed by atoms with Crippen molar-refractivity contribution in [2.75, 3.05) is 0 Å². The number of aromatic nitrogens is 2. The standard InChI is InChI=1S/C10H8N2O2S.C7H6OS.2C4H10/c13-9-4-2-8(3-5-9)10(15)14-12-7-1-6-11-12;8-7(9)6-4-2-1-3-5-6;2*1-4(2)3/h1-7,13H;1-5H,(H,8,9);2*4H,1-3H3. The highest BCUT2D eigenvalue weighted by atomic mass is 32.1. The molecule has 0 fully saturated rings. The summed E-state index contributed by atoms with van der Waals surface area (Å²) in [6, 6.07) is 17.1. The van der Waals surface area contributed by atoms with E-state index < -0.39 is 0 Å². The zero-order chi connectivity index (χ0) is 24.5. The van der Waals surface area contributed by atoms with E-state index in [1.165, 1.54) is 4.85 Å². The molecule has 1 aromatic heterocycles. The monoisotopic (exact) mass is 474 g/mol. The zero-order valence-corrected chi connectivity index (χ0v) is 21.3. The van der Waals surface area contributed by atoms with Crippen LogP contribution in [0.4, 0.5) is 0 Å². The van der Waals surface area contributed by atoms with Gasteiger partial charge in [-0.1, -0.05) is 76.7 Å². The summed E-state index contributed by atoms with van der Waals surface area (Å²) in [4.78, 5) is 17.0. The molecule has 2 aromatic carbocycles. The van der Waals surface area contributed by atoms with Crippen molar-refractivity contribution >= 4 is 35.0 Å². The van der Waals surface area contributed by atoms with Gasteiger partial charge in [-0.15, -0.1) is 17.7 Å². The van der Waals surface area contributed by atoms with Gasteiger partial charge in [0.1, 0.15) is 5.75 Å². The molecule has 0 saturated heterocycles. The number of carbonyl (C=O) groups is 1. The van der Waals surface area contributed by atoms with E-state index in [1.807, 2.05) is 18.2 Å². The lowest BCUT2D eigenvalue weighted by molar-refractivity contribution is 0.109. The Balaban J connectivity index is 0.000000479. The van der Waals surface area contributed by atoms with E-state index in [0.29, 0.717) is 10.6 Å². The van der Waals surface area contributed by atoms with Crippen LogP contribution in [0.1, 0.15) is 57.5 Å². The van der Waals surface area contributed by atoms with Crippen molar-refractivity contribution < 1.29 is 14.7 Å². The molecule has 0 saturated carbocycles. The lowest BCUT2D eigenvalue weighted by Crippen LogP contribution is -2.18. The molecule has 0 aliphatic carbocycles. The van der Waals surface area contributed by atoms with E-state index in [0.717, 1.165) is 17.4 Å². The average molecular weight is 475 g/mol. The number of rotatable bonds is 3. The van der Waals surface area contributed by atoms with Gasteiger partial charge in [0, 0.05) is 11.1 Å². The molecule has 0 aliphatic heterocycles. The Hall–Kier alpha value is -2.64. The smallest absolute Gasteiger partial charge is 0.228 e. The van der Waals surface area contributed by atoms with Gasteiger partial charge in [0.15, 0.2) is 0 Å². The second kappa shape index (κ2) is 17.0. The second-order valence-corrected chi connectivity index (χ2v) is 8.75. The van der Waals surface area contributed by atoms with Gasteiger partial charge in [0.05, 0.1) is 12.4 Å². The fraction of sp³-hybridized carbons (Fsp3) is 0.320. The van der Waals surface area contributed by atoms with Crippen LogP contribution in [-0.4, -0.2) is 25.2 Å². The molecule has 3 aromatic rings. The van der Waals surface area contributed by atoms with Gasteiger partial charge >= 0.3 is 0 Å². The number of benzene rings is 2. The predicted molar refractivity (Wildman–Crippen MR) is 139 cm³/mol. The molecular weight excluding hydrogens is 440 g/mol. The van der Waals surface area contributed by atoms with Crippen molar-refractivity contribution in [2.45, 2.75) is 41.5 Å². The quantitative estimate of drug-likeness (QED) is 0.336. The van der Waals surface area contributed by atoms with Crippen LogP contribution >= 0.6 is 24.8 Å². The lowest BCUT2D eigenvalue weighted by atomic mass is 10.2. The molecule has 174 valence electrons. The maximum atomic E-state index is 10.5. The molecule has 0 bridgehead atoms. The first-order valence-corrected chi connectivity index (χ1v) is 11.2. The molecule has 0 unspecified atom stereocenters. The largest absolute Gasteiger partial charge is 0.508 e. The summed E-state index contributed by atoms with van der Waals surface area (Å²) in [5.41, 5.74) is 1.36. The first-order chi connectivity index (χ1) is 15.0. The Morgan fingerprint density at radius 3 is 1.78 bits per heavy atom. The molecule has 0 atom stereocenters. The topological polar surface area (TPSA) is 64.3 Å². The van der Waals surface area contributed by atoms with Crippen LogP contribution in [-0.2, 0) is 0 Å². The number of carbonyl (C=O) groups excluding carboxylic acids is 1. The second-order valence-electron chi connectivity index (χ2n) is 7.97. The Morgan fingerprint density at radius 2 is 1.41 bits per heavy atom. The van der Waals surface area contributed by atoms with Crippen molar-refractivity contribution in [3.63, 3.8) is 0 Å². The molecule has 0 radical (unpaired) electrons. The van der Waals surface area contributed by atoms with Gasteiger partial charge in [-0.3, -0.25) is 4.79 Å². The van der Waals surface area contributed by atoms with Crippen molar-refractivity contribution in [1.29, 1.82) is 0 Å². The van der Waals surface area contributed by atoms with Crippen LogP contribution < -0.4 is 4.84 Å². The van der Waals surface area contributed by atoms with E-state index >= 15 is 0 Å². The number of nitrogens with zero attached hydrogens (tertiary/aromatic N) is 2. The van der Waals surface area contributed by atoms with Crippen LogP contribution in [0.5, 0.6) is 5.75 Å². The summed E-state index contributed by atoms with van der Waals surface area (Å²) >= 11 is 8.70. The molecular formula is C25H34N2O3S2. The molecule has 1 N–H and O–H groups in total. The minimum absolute atomic E-state index is 0.185.